The molecule has 0 unspecified atom stereocenters. The summed E-state index contributed by atoms with van der Waals surface area (Å²) in [5.41, 5.74) is 1.55. The summed E-state index contributed by atoms with van der Waals surface area (Å²) >= 11 is 7.48. The molecule has 1 aromatic carbocycles. The molecule has 1 aromatic heterocycles. The van der Waals surface area contributed by atoms with Crippen molar-refractivity contribution in [3.8, 4) is 0 Å². The van der Waals surface area contributed by atoms with E-state index in [2.05, 4.69) is 10.3 Å². The van der Waals surface area contributed by atoms with Gasteiger partial charge in [-0.1, -0.05) is 11.6 Å². The smallest absolute Gasteiger partial charge is 0.254 e. The molecule has 2 amide bonds. The maximum Gasteiger partial charge on any atom is 0.254 e. The molecule has 1 fully saturated rings. The van der Waals surface area contributed by atoms with Crippen molar-refractivity contribution in [1.29, 1.82) is 0 Å². The summed E-state index contributed by atoms with van der Waals surface area (Å²) in [5.74, 6) is -0.212. The highest BCUT2D eigenvalue weighted by atomic mass is 35.5. The molecule has 7 heteroatoms. The van der Waals surface area contributed by atoms with Crippen LogP contribution in [-0.4, -0.2) is 40.8 Å². The van der Waals surface area contributed by atoms with Gasteiger partial charge in [0, 0.05) is 35.5 Å². The van der Waals surface area contributed by atoms with Crippen LogP contribution in [0.15, 0.2) is 29.6 Å². The molecule has 0 radical (unpaired) electrons. The summed E-state index contributed by atoms with van der Waals surface area (Å²) in [7, 11) is 0. The highest BCUT2D eigenvalue weighted by molar-refractivity contribution is 7.09. The topological polar surface area (TPSA) is 62.3 Å². The standard InChI is InChI=1S/C18H20ClN3O2S/c1-12-21-15(11-25-12)8-9-20-17(23)16-3-2-10-22(16)18(24)13-4-6-14(19)7-5-13/h4-7,11,16H,2-3,8-10H2,1H3,(H,20,23)/t16-/m1/s1. The third kappa shape index (κ3) is 4.38. The molecular weight excluding hydrogens is 358 g/mol. The molecule has 132 valence electrons. The summed E-state index contributed by atoms with van der Waals surface area (Å²) in [4.78, 5) is 31.2. The average Bonchev–Trinajstić information content (AvgIpc) is 3.24. The van der Waals surface area contributed by atoms with Gasteiger partial charge in [0.1, 0.15) is 6.04 Å². The highest BCUT2D eigenvalue weighted by Crippen LogP contribution is 2.21. The first-order chi connectivity index (χ1) is 12.0. The fourth-order valence-electron chi connectivity index (χ4n) is 3.00. The Balaban J connectivity index is 1.57. The van der Waals surface area contributed by atoms with Crippen molar-refractivity contribution in [3.05, 3.63) is 50.9 Å². The van der Waals surface area contributed by atoms with Gasteiger partial charge in [-0.15, -0.1) is 11.3 Å². The first-order valence-electron chi connectivity index (χ1n) is 8.30. The van der Waals surface area contributed by atoms with E-state index in [0.717, 1.165) is 17.1 Å². The number of carbonyl (C=O) groups excluding carboxylic acids is 2. The Morgan fingerprint density at radius 1 is 1.36 bits per heavy atom. The number of nitrogens with zero attached hydrogens (tertiary/aromatic N) is 2. The third-order valence-corrected chi connectivity index (χ3v) is 5.33. The van der Waals surface area contributed by atoms with Crippen LogP contribution in [0, 0.1) is 6.92 Å². The van der Waals surface area contributed by atoms with Gasteiger partial charge in [0.15, 0.2) is 0 Å². The molecule has 1 atom stereocenters. The summed E-state index contributed by atoms with van der Waals surface area (Å²) in [5, 5.41) is 6.56. The second-order valence-corrected chi connectivity index (χ2v) is 7.56. The number of thiazole rings is 1. The number of hydrogen-bond donors (Lipinski definition) is 1. The van der Waals surface area contributed by atoms with Gasteiger partial charge in [-0.3, -0.25) is 9.59 Å². The van der Waals surface area contributed by atoms with Crippen molar-refractivity contribution < 1.29 is 9.59 Å². The number of halogens is 1. The molecule has 1 saturated heterocycles. The summed E-state index contributed by atoms with van der Waals surface area (Å²) in [6.45, 7) is 3.10. The zero-order valence-electron chi connectivity index (χ0n) is 14.0. The van der Waals surface area contributed by atoms with E-state index in [9.17, 15) is 9.59 Å². The molecule has 0 bridgehead atoms. The van der Waals surface area contributed by atoms with E-state index in [4.69, 9.17) is 11.6 Å². The Labute approximate surface area is 156 Å². The van der Waals surface area contributed by atoms with Gasteiger partial charge in [-0.25, -0.2) is 4.98 Å². The molecule has 25 heavy (non-hydrogen) atoms. The van der Waals surface area contributed by atoms with Crippen molar-refractivity contribution >= 4 is 34.8 Å². The zero-order chi connectivity index (χ0) is 17.8. The molecule has 3 rings (SSSR count). The van der Waals surface area contributed by atoms with Crippen LogP contribution in [0.5, 0.6) is 0 Å². The minimum Gasteiger partial charge on any atom is -0.354 e. The fourth-order valence-corrected chi connectivity index (χ4v) is 3.77. The molecule has 1 aliphatic rings. The van der Waals surface area contributed by atoms with Crippen LogP contribution in [0.1, 0.15) is 33.9 Å². The largest absolute Gasteiger partial charge is 0.354 e. The Morgan fingerprint density at radius 3 is 2.80 bits per heavy atom. The molecule has 5 nitrogen and oxygen atoms in total. The van der Waals surface area contributed by atoms with E-state index in [1.807, 2.05) is 12.3 Å². The van der Waals surface area contributed by atoms with E-state index < -0.39 is 6.04 Å². The number of carbonyl (C=O) groups is 2. The van der Waals surface area contributed by atoms with Gasteiger partial charge < -0.3 is 10.2 Å². The van der Waals surface area contributed by atoms with Gasteiger partial charge in [-0.05, 0) is 44.0 Å². The molecular formula is C18H20ClN3O2S. The van der Waals surface area contributed by atoms with E-state index in [0.29, 0.717) is 36.5 Å². The second-order valence-electron chi connectivity index (χ2n) is 6.06. The Bertz CT molecular complexity index is 760. The number of nitrogens with one attached hydrogen (secondary N) is 1. The quantitative estimate of drug-likeness (QED) is 0.871. The molecule has 0 saturated carbocycles. The van der Waals surface area contributed by atoms with Gasteiger partial charge in [0.2, 0.25) is 5.91 Å². The summed E-state index contributed by atoms with van der Waals surface area (Å²) in [6, 6.07) is 6.37. The first-order valence-corrected chi connectivity index (χ1v) is 9.55. The van der Waals surface area contributed by atoms with Crippen LogP contribution in [0.4, 0.5) is 0 Å². The van der Waals surface area contributed by atoms with Crippen LogP contribution in [-0.2, 0) is 11.2 Å². The van der Waals surface area contributed by atoms with Crippen LogP contribution >= 0.6 is 22.9 Å². The van der Waals surface area contributed by atoms with Crippen LogP contribution in [0.2, 0.25) is 5.02 Å². The van der Waals surface area contributed by atoms with Gasteiger partial charge in [0.25, 0.3) is 5.91 Å². The van der Waals surface area contributed by atoms with Crippen LogP contribution < -0.4 is 5.32 Å². The van der Waals surface area contributed by atoms with Crippen molar-refractivity contribution in [1.82, 2.24) is 15.2 Å². The molecule has 1 N–H and O–H groups in total. The van der Waals surface area contributed by atoms with Crippen molar-refractivity contribution in [2.45, 2.75) is 32.2 Å². The molecule has 2 heterocycles. The zero-order valence-corrected chi connectivity index (χ0v) is 15.6. The van der Waals surface area contributed by atoms with E-state index in [1.54, 1.807) is 40.5 Å². The predicted molar refractivity (Wildman–Crippen MR) is 99.1 cm³/mol. The lowest BCUT2D eigenvalue weighted by Gasteiger charge is -2.24. The minimum absolute atomic E-state index is 0.0910. The lowest BCUT2D eigenvalue weighted by atomic mass is 10.1. The predicted octanol–water partition coefficient (Wildman–Crippen LogP) is 3.07. The molecule has 0 aliphatic carbocycles. The van der Waals surface area contributed by atoms with Crippen molar-refractivity contribution in [2.75, 3.05) is 13.1 Å². The third-order valence-electron chi connectivity index (χ3n) is 4.25. The molecule has 2 aromatic rings. The second kappa shape index (κ2) is 7.97. The summed E-state index contributed by atoms with van der Waals surface area (Å²) in [6.07, 6.45) is 2.23. The first kappa shape index (κ1) is 17.9. The Hall–Kier alpha value is -1.92. The summed E-state index contributed by atoms with van der Waals surface area (Å²) < 4.78 is 0. The van der Waals surface area contributed by atoms with Crippen molar-refractivity contribution in [2.24, 2.45) is 0 Å². The van der Waals surface area contributed by atoms with Crippen LogP contribution in [0.3, 0.4) is 0 Å². The Morgan fingerprint density at radius 2 is 2.12 bits per heavy atom. The number of aromatic nitrogens is 1. The normalized spacial score (nSPS) is 16.9. The fraction of sp³-hybridized carbons (Fsp3) is 0.389. The van der Waals surface area contributed by atoms with Gasteiger partial charge >= 0.3 is 0 Å². The maximum absolute atomic E-state index is 12.7. The van der Waals surface area contributed by atoms with E-state index >= 15 is 0 Å². The molecule has 0 spiro atoms. The number of rotatable bonds is 5. The van der Waals surface area contributed by atoms with Crippen molar-refractivity contribution in [3.63, 3.8) is 0 Å². The minimum atomic E-state index is -0.402. The number of aryl methyl sites for hydroxylation is 1. The number of likely N-dealkylation sites (tertiary alicyclic amines) is 1. The van der Waals surface area contributed by atoms with E-state index in [1.165, 1.54) is 0 Å². The van der Waals surface area contributed by atoms with E-state index in [-0.39, 0.29) is 11.8 Å². The molecule has 1 aliphatic heterocycles. The lowest BCUT2D eigenvalue weighted by Crippen LogP contribution is -2.46. The number of benzene rings is 1. The SMILES string of the molecule is Cc1nc(CCNC(=O)[C@H]2CCCN2C(=O)c2ccc(Cl)cc2)cs1. The monoisotopic (exact) mass is 377 g/mol. The van der Waals surface area contributed by atoms with Gasteiger partial charge in [0.05, 0.1) is 10.7 Å². The van der Waals surface area contributed by atoms with Gasteiger partial charge in [-0.2, -0.15) is 0 Å². The maximum atomic E-state index is 12.7. The average molecular weight is 378 g/mol. The number of amides is 2. The Kier molecular flexibility index (Phi) is 5.71. The lowest BCUT2D eigenvalue weighted by molar-refractivity contribution is -0.124. The highest BCUT2D eigenvalue weighted by Gasteiger charge is 2.34. The van der Waals surface area contributed by atoms with Crippen LogP contribution in [0.25, 0.3) is 0 Å². The number of hydrogen-bond acceptors (Lipinski definition) is 4.